The molecular formula is C27H30N4O3. The minimum absolute atomic E-state index is 0.0589. The molecule has 1 unspecified atom stereocenters. The van der Waals surface area contributed by atoms with E-state index in [1.165, 1.54) is 11.9 Å². The van der Waals surface area contributed by atoms with Crippen LogP contribution in [-0.2, 0) is 9.47 Å². The third-order valence-corrected chi connectivity index (χ3v) is 6.70. The van der Waals surface area contributed by atoms with Crippen LogP contribution in [0.15, 0.2) is 60.1 Å². The normalized spacial score (nSPS) is 21.2. The minimum Gasteiger partial charge on any atom is -0.464 e. The lowest BCUT2D eigenvalue weighted by molar-refractivity contribution is -0.0593. The van der Waals surface area contributed by atoms with Gasteiger partial charge < -0.3 is 19.9 Å². The molecule has 0 saturated carbocycles. The van der Waals surface area contributed by atoms with E-state index in [1.807, 2.05) is 24.5 Å². The first-order valence-electron chi connectivity index (χ1n) is 11.6. The van der Waals surface area contributed by atoms with Gasteiger partial charge in [0.1, 0.15) is 24.4 Å². The molecule has 7 heteroatoms. The van der Waals surface area contributed by atoms with Crippen LogP contribution in [0.4, 0.5) is 0 Å². The van der Waals surface area contributed by atoms with E-state index in [9.17, 15) is 0 Å². The van der Waals surface area contributed by atoms with Gasteiger partial charge in [-0.1, -0.05) is 18.2 Å². The number of amidine groups is 1. The lowest BCUT2D eigenvalue weighted by Crippen LogP contribution is -2.33. The topological polar surface area (TPSA) is 91.9 Å². The summed E-state index contributed by atoms with van der Waals surface area (Å²) in [5.74, 6) is 2.04. The molecule has 1 saturated heterocycles. The highest BCUT2D eigenvalue weighted by molar-refractivity contribution is 5.71. The number of aromatic nitrogens is 2. The Labute approximate surface area is 200 Å². The van der Waals surface area contributed by atoms with Crippen LogP contribution in [0.1, 0.15) is 55.2 Å². The number of fused-ring (bicyclic) bond motifs is 2. The fourth-order valence-corrected chi connectivity index (χ4v) is 4.94. The highest BCUT2D eigenvalue weighted by Crippen LogP contribution is 2.47. The summed E-state index contributed by atoms with van der Waals surface area (Å²) in [6.07, 6.45) is 7.14. The lowest BCUT2D eigenvalue weighted by atomic mass is 9.80. The van der Waals surface area contributed by atoms with Crippen molar-refractivity contribution in [2.75, 3.05) is 20.3 Å². The van der Waals surface area contributed by atoms with Gasteiger partial charge >= 0.3 is 0 Å². The maximum absolute atomic E-state index is 6.34. The maximum atomic E-state index is 6.34. The van der Waals surface area contributed by atoms with Crippen molar-refractivity contribution in [3.8, 4) is 22.6 Å². The first-order chi connectivity index (χ1) is 16.4. The van der Waals surface area contributed by atoms with Gasteiger partial charge in [0.15, 0.2) is 0 Å². The number of benzene rings is 2. The third-order valence-electron chi connectivity index (χ3n) is 6.70. The summed E-state index contributed by atoms with van der Waals surface area (Å²) < 4.78 is 18.1. The Morgan fingerprint density at radius 1 is 1.09 bits per heavy atom. The van der Waals surface area contributed by atoms with Crippen molar-refractivity contribution in [3.05, 3.63) is 71.8 Å². The molecule has 0 radical (unpaired) electrons. The zero-order valence-electron chi connectivity index (χ0n) is 19.8. The van der Waals surface area contributed by atoms with Crippen molar-refractivity contribution >= 4 is 6.02 Å². The summed E-state index contributed by atoms with van der Waals surface area (Å²) in [6.45, 7) is 5.46. The molecule has 1 aromatic heterocycles. The predicted molar refractivity (Wildman–Crippen MR) is 131 cm³/mol. The molecule has 3 aromatic rings. The van der Waals surface area contributed by atoms with Crippen LogP contribution in [0.3, 0.4) is 0 Å². The smallest absolute Gasteiger partial charge is 0.281 e. The molecule has 0 spiro atoms. The van der Waals surface area contributed by atoms with Gasteiger partial charge in [0.05, 0.1) is 11.5 Å². The number of hydrogen-bond acceptors (Lipinski definition) is 6. The van der Waals surface area contributed by atoms with E-state index in [-0.39, 0.29) is 17.5 Å². The van der Waals surface area contributed by atoms with Gasteiger partial charge in [-0.15, -0.1) is 0 Å². The average Bonchev–Trinajstić information content (AvgIpc) is 2.85. The molecule has 2 N–H and O–H groups in total. The van der Waals surface area contributed by atoms with Crippen molar-refractivity contribution < 1.29 is 14.2 Å². The minimum atomic E-state index is -0.122. The molecule has 2 aliphatic rings. The highest BCUT2D eigenvalue weighted by Gasteiger charge is 2.33. The summed E-state index contributed by atoms with van der Waals surface area (Å²) in [7, 11) is 1.62. The zero-order valence-corrected chi connectivity index (χ0v) is 19.8. The van der Waals surface area contributed by atoms with E-state index in [4.69, 9.17) is 19.9 Å². The lowest BCUT2D eigenvalue weighted by Gasteiger charge is -2.36. The fraction of sp³-hybridized carbons (Fsp3) is 0.370. The third kappa shape index (κ3) is 4.48. The van der Waals surface area contributed by atoms with Crippen molar-refractivity contribution in [1.82, 2.24) is 9.97 Å². The number of nitrogens with two attached hydrogens (primary N) is 1. The van der Waals surface area contributed by atoms with E-state index in [0.29, 0.717) is 12.5 Å². The Kier molecular flexibility index (Phi) is 5.96. The second-order valence-corrected chi connectivity index (χ2v) is 9.50. The molecule has 5 rings (SSSR count). The fourth-order valence-electron chi connectivity index (χ4n) is 4.94. The Hall–Kier alpha value is -3.45. The largest absolute Gasteiger partial charge is 0.464 e. The Morgan fingerprint density at radius 2 is 1.82 bits per heavy atom. The molecule has 0 bridgehead atoms. The first kappa shape index (κ1) is 22.3. The molecule has 3 heterocycles. The standard InChI is InChI=1S/C27H30N4O3/c1-27(2)12-19(8-9-33-27)17-4-6-24-21(10-17)23(15-32-26(28)29-3)22-11-18(5-7-25(22)34-24)20-13-30-16-31-14-20/h4-7,10-11,13-14,16,19,23H,8-9,12,15H2,1-3H3,(H2,28,29)/t19?,23-/m0/s1. The number of rotatable bonds is 4. The van der Waals surface area contributed by atoms with Gasteiger partial charge in [-0.05, 0) is 61.9 Å². The molecule has 34 heavy (non-hydrogen) atoms. The quantitative estimate of drug-likeness (QED) is 0.436. The highest BCUT2D eigenvalue weighted by atomic mass is 16.5. The van der Waals surface area contributed by atoms with Crippen LogP contribution < -0.4 is 10.5 Å². The Bertz CT molecular complexity index is 1210. The zero-order chi connectivity index (χ0) is 23.7. The van der Waals surface area contributed by atoms with Gasteiger partial charge in [0, 0.05) is 42.7 Å². The van der Waals surface area contributed by atoms with Gasteiger partial charge in [0.2, 0.25) is 0 Å². The number of ether oxygens (including phenoxy) is 3. The summed E-state index contributed by atoms with van der Waals surface area (Å²) in [6, 6.07) is 12.9. The second kappa shape index (κ2) is 9.06. The van der Waals surface area contributed by atoms with E-state index in [0.717, 1.165) is 53.2 Å². The molecule has 0 amide bonds. The molecule has 0 aliphatic carbocycles. The van der Waals surface area contributed by atoms with Gasteiger partial charge in [0.25, 0.3) is 6.02 Å². The molecule has 2 atom stereocenters. The maximum Gasteiger partial charge on any atom is 0.281 e. The van der Waals surface area contributed by atoms with Crippen LogP contribution >= 0.6 is 0 Å². The van der Waals surface area contributed by atoms with Crippen molar-refractivity contribution in [3.63, 3.8) is 0 Å². The molecular weight excluding hydrogens is 428 g/mol. The first-order valence-corrected chi connectivity index (χ1v) is 11.6. The van der Waals surface area contributed by atoms with Gasteiger partial charge in [-0.2, -0.15) is 0 Å². The molecule has 2 aliphatic heterocycles. The Morgan fingerprint density at radius 3 is 2.56 bits per heavy atom. The van der Waals surface area contributed by atoms with Crippen LogP contribution in [0.2, 0.25) is 0 Å². The number of hydrogen-bond donors (Lipinski definition) is 1. The monoisotopic (exact) mass is 458 g/mol. The van der Waals surface area contributed by atoms with E-state index in [1.54, 1.807) is 7.05 Å². The van der Waals surface area contributed by atoms with Gasteiger partial charge in [-0.3, -0.25) is 0 Å². The summed E-state index contributed by atoms with van der Waals surface area (Å²) in [5.41, 5.74) is 11.2. The second-order valence-electron chi connectivity index (χ2n) is 9.50. The molecule has 2 aromatic carbocycles. The van der Waals surface area contributed by atoms with E-state index >= 15 is 0 Å². The summed E-state index contributed by atoms with van der Waals surface area (Å²) in [4.78, 5) is 12.3. The van der Waals surface area contributed by atoms with Gasteiger partial charge in [-0.25, -0.2) is 15.0 Å². The number of nitrogens with zero attached hydrogens (tertiary/aromatic N) is 3. The van der Waals surface area contributed by atoms with Crippen LogP contribution in [0.25, 0.3) is 11.1 Å². The van der Waals surface area contributed by atoms with Crippen molar-refractivity contribution in [2.24, 2.45) is 10.7 Å². The molecule has 1 fully saturated rings. The molecule has 176 valence electrons. The number of aliphatic imine (C=N–C) groups is 1. The Balaban J connectivity index is 1.55. The van der Waals surface area contributed by atoms with Crippen molar-refractivity contribution in [2.45, 2.75) is 44.1 Å². The summed E-state index contributed by atoms with van der Waals surface area (Å²) in [5, 5.41) is 0. The summed E-state index contributed by atoms with van der Waals surface area (Å²) >= 11 is 0. The molecule has 7 nitrogen and oxygen atoms in total. The van der Waals surface area contributed by atoms with Crippen LogP contribution in [0, 0.1) is 0 Å². The van der Waals surface area contributed by atoms with Crippen molar-refractivity contribution in [1.29, 1.82) is 0 Å². The SMILES string of the molecule is CN=C(N)OC[C@@H]1c2cc(-c3cncnc3)ccc2Oc2ccc(C3CCOC(C)(C)C3)cc21. The predicted octanol–water partition coefficient (Wildman–Crippen LogP) is 5.01. The van der Waals surface area contributed by atoms with E-state index < -0.39 is 0 Å². The average molecular weight is 459 g/mol. The van der Waals surface area contributed by atoms with Crippen LogP contribution in [-0.4, -0.2) is 41.9 Å². The van der Waals surface area contributed by atoms with E-state index in [2.05, 4.69) is 53.1 Å². The van der Waals surface area contributed by atoms with Crippen LogP contribution in [0.5, 0.6) is 11.5 Å².